The molecule has 4 heterocycles. The van der Waals surface area contributed by atoms with Gasteiger partial charge in [-0.15, -0.1) is 0 Å². The predicted octanol–water partition coefficient (Wildman–Crippen LogP) is 14.2. The molecule has 0 spiro atoms. The molecule has 0 radical (unpaired) electrons. The van der Waals surface area contributed by atoms with E-state index in [9.17, 15) is 0 Å². The number of rotatable bonds is 6. The summed E-state index contributed by atoms with van der Waals surface area (Å²) in [6, 6.07) is 69.0. The number of hydrogen-bond donors (Lipinski definition) is 0. The zero-order valence-electron chi connectivity index (χ0n) is 34.2. The maximum Gasteiger partial charge on any atom is 0.238 e. The van der Waals surface area contributed by atoms with E-state index in [1.165, 1.54) is 43.7 Å². The van der Waals surface area contributed by atoms with E-state index in [1.807, 2.05) is 0 Å². The van der Waals surface area contributed by atoms with Crippen LogP contribution >= 0.6 is 0 Å². The average molecular weight is 807 g/mol. The van der Waals surface area contributed by atoms with Gasteiger partial charge in [-0.3, -0.25) is 4.57 Å². The van der Waals surface area contributed by atoms with Gasteiger partial charge < -0.3 is 9.13 Å². The average Bonchev–Trinajstić information content (AvgIpc) is 4.00. The van der Waals surface area contributed by atoms with Crippen molar-refractivity contribution >= 4 is 76.7 Å². The first kappa shape index (κ1) is 35.4. The molecule has 8 aromatic carbocycles. The largest absolute Gasteiger partial charge is 0.310 e. The van der Waals surface area contributed by atoms with Gasteiger partial charge in [-0.2, -0.15) is 9.97 Å². The van der Waals surface area contributed by atoms with Crippen LogP contribution in [0.25, 0.3) is 111 Å². The molecule has 296 valence electrons. The highest BCUT2D eigenvalue weighted by atomic mass is 15.2. The Kier molecular flexibility index (Phi) is 7.93. The fourth-order valence-corrected chi connectivity index (χ4v) is 9.97. The van der Waals surface area contributed by atoms with Gasteiger partial charge >= 0.3 is 0 Å². The molecule has 13 rings (SSSR count). The van der Waals surface area contributed by atoms with Gasteiger partial charge in [-0.05, 0) is 78.1 Å². The Hall–Kier alpha value is -8.35. The summed E-state index contributed by atoms with van der Waals surface area (Å²) in [5.74, 6) is 1.90. The van der Waals surface area contributed by atoms with E-state index in [1.54, 1.807) is 0 Å². The standard InChI is InChI=1S/C57H38N6/c1-3-16-37(17-4-1)38-30-32-39(33-31-38)55-58-56(40-18-15-21-42(36-40)61-48-26-11-7-22-43(48)44-23-8-12-27-49(44)61)60-57(59-55)63-51-29-14-10-25-47(51)53-52(63)35-34-46-45-24-9-13-28-50(45)62(54(46)53)41-19-5-2-6-20-41/h1-14,16-17,19-36H,15,18H2. The second-order valence-corrected chi connectivity index (χ2v) is 16.3. The van der Waals surface area contributed by atoms with Crippen LogP contribution in [-0.4, -0.2) is 28.7 Å². The smallest absolute Gasteiger partial charge is 0.238 e. The molecule has 0 amide bonds. The van der Waals surface area contributed by atoms with E-state index in [0.717, 1.165) is 68.2 Å². The monoisotopic (exact) mass is 806 g/mol. The van der Waals surface area contributed by atoms with Crippen LogP contribution in [0.3, 0.4) is 0 Å². The van der Waals surface area contributed by atoms with E-state index >= 15 is 0 Å². The molecule has 4 aromatic heterocycles. The summed E-state index contributed by atoms with van der Waals surface area (Å²) < 4.78 is 7.05. The van der Waals surface area contributed by atoms with Crippen LogP contribution in [0.5, 0.6) is 0 Å². The highest BCUT2D eigenvalue weighted by Gasteiger charge is 2.24. The summed E-state index contributed by atoms with van der Waals surface area (Å²) >= 11 is 0. The zero-order valence-corrected chi connectivity index (χ0v) is 34.2. The maximum atomic E-state index is 5.46. The van der Waals surface area contributed by atoms with Crippen molar-refractivity contribution in [3.8, 4) is 34.2 Å². The number of fused-ring (bicyclic) bond motifs is 10. The van der Waals surface area contributed by atoms with Crippen LogP contribution in [0.2, 0.25) is 0 Å². The molecular formula is C57H38N6. The van der Waals surface area contributed by atoms with Crippen LogP contribution in [0.4, 0.5) is 0 Å². The number of hydrogen-bond acceptors (Lipinski definition) is 3. The van der Waals surface area contributed by atoms with Crippen molar-refractivity contribution in [2.75, 3.05) is 0 Å². The van der Waals surface area contributed by atoms with Crippen molar-refractivity contribution in [1.29, 1.82) is 0 Å². The minimum absolute atomic E-state index is 0.587. The van der Waals surface area contributed by atoms with Crippen molar-refractivity contribution < 1.29 is 0 Å². The first-order valence-electron chi connectivity index (χ1n) is 21.6. The topological polar surface area (TPSA) is 53.5 Å². The molecule has 0 saturated carbocycles. The van der Waals surface area contributed by atoms with Crippen molar-refractivity contribution in [1.82, 2.24) is 28.7 Å². The fourth-order valence-electron chi connectivity index (χ4n) is 9.97. The van der Waals surface area contributed by atoms with Crippen molar-refractivity contribution in [3.05, 3.63) is 212 Å². The number of nitrogens with zero attached hydrogens (tertiary/aromatic N) is 6. The fraction of sp³-hybridized carbons (Fsp3) is 0.0351. The Morgan fingerprint density at radius 2 is 0.889 bits per heavy atom. The molecule has 0 unspecified atom stereocenters. The first-order valence-corrected chi connectivity index (χ1v) is 21.6. The molecular weight excluding hydrogens is 769 g/mol. The summed E-state index contributed by atoms with van der Waals surface area (Å²) in [7, 11) is 0. The zero-order chi connectivity index (χ0) is 41.4. The lowest BCUT2D eigenvalue weighted by molar-refractivity contribution is 0.912. The SMILES string of the molecule is C1=C(c2nc(-c3ccc(-c4ccccc4)cc3)nc(-n3c4ccccc4c4c3ccc3c5ccccc5n(-c5ccccc5)c34)n2)CCC=C1n1c2ccccc2c2ccccc21. The van der Waals surface area contributed by atoms with Gasteiger partial charge in [-0.25, -0.2) is 4.98 Å². The van der Waals surface area contributed by atoms with E-state index < -0.39 is 0 Å². The molecule has 6 heteroatoms. The number of benzene rings is 8. The van der Waals surface area contributed by atoms with Crippen LogP contribution in [0.1, 0.15) is 18.7 Å². The molecule has 6 nitrogen and oxygen atoms in total. The van der Waals surface area contributed by atoms with Crippen molar-refractivity contribution in [2.45, 2.75) is 12.8 Å². The number of aromatic nitrogens is 6. The molecule has 63 heavy (non-hydrogen) atoms. The number of para-hydroxylation sites is 5. The van der Waals surface area contributed by atoms with Gasteiger partial charge in [0.25, 0.3) is 0 Å². The molecule has 12 aromatic rings. The second kappa shape index (κ2) is 14.1. The minimum Gasteiger partial charge on any atom is -0.310 e. The Bertz CT molecular complexity index is 3780. The summed E-state index contributed by atoms with van der Waals surface area (Å²) in [4.78, 5) is 16.2. The van der Waals surface area contributed by atoms with Gasteiger partial charge in [0, 0.05) is 49.3 Å². The van der Waals surface area contributed by atoms with E-state index in [4.69, 9.17) is 15.0 Å². The van der Waals surface area contributed by atoms with Crippen LogP contribution in [0.15, 0.2) is 206 Å². The summed E-state index contributed by atoms with van der Waals surface area (Å²) in [5.41, 5.74) is 13.3. The second-order valence-electron chi connectivity index (χ2n) is 16.3. The lowest BCUT2D eigenvalue weighted by Gasteiger charge is -2.17. The molecule has 0 fully saturated rings. The lowest BCUT2D eigenvalue weighted by Crippen LogP contribution is -2.09. The van der Waals surface area contributed by atoms with E-state index in [2.05, 4.69) is 220 Å². The Balaban J connectivity index is 1.06. The third kappa shape index (κ3) is 5.55. The molecule has 1 aliphatic carbocycles. The Morgan fingerprint density at radius 3 is 1.57 bits per heavy atom. The van der Waals surface area contributed by atoms with Crippen LogP contribution < -0.4 is 0 Å². The van der Waals surface area contributed by atoms with Gasteiger partial charge in [0.15, 0.2) is 11.6 Å². The Labute approximate surface area is 363 Å². The molecule has 0 atom stereocenters. The van der Waals surface area contributed by atoms with Gasteiger partial charge in [0.05, 0.1) is 33.1 Å². The summed E-state index contributed by atoms with van der Waals surface area (Å²) in [6.45, 7) is 0. The third-order valence-electron chi connectivity index (χ3n) is 12.8. The molecule has 0 N–H and O–H groups in total. The van der Waals surface area contributed by atoms with Crippen LogP contribution in [-0.2, 0) is 0 Å². The van der Waals surface area contributed by atoms with Crippen LogP contribution in [0, 0.1) is 0 Å². The van der Waals surface area contributed by atoms with Crippen molar-refractivity contribution in [3.63, 3.8) is 0 Å². The van der Waals surface area contributed by atoms with Gasteiger partial charge in [-0.1, -0.05) is 158 Å². The highest BCUT2D eigenvalue weighted by Crippen LogP contribution is 2.42. The van der Waals surface area contributed by atoms with Gasteiger partial charge in [0.1, 0.15) is 0 Å². The van der Waals surface area contributed by atoms with E-state index in [0.29, 0.717) is 17.6 Å². The molecule has 0 saturated heterocycles. The molecule has 0 bridgehead atoms. The molecule has 0 aliphatic heterocycles. The normalized spacial score (nSPS) is 13.1. The number of allylic oxidation sites excluding steroid dienone is 4. The summed E-state index contributed by atoms with van der Waals surface area (Å²) in [5, 5.41) is 7.21. The maximum absolute atomic E-state index is 5.46. The molecule has 1 aliphatic rings. The van der Waals surface area contributed by atoms with Gasteiger partial charge in [0.2, 0.25) is 5.95 Å². The third-order valence-corrected chi connectivity index (χ3v) is 12.8. The van der Waals surface area contributed by atoms with E-state index in [-0.39, 0.29) is 0 Å². The lowest BCUT2D eigenvalue weighted by atomic mass is 10.0. The predicted molar refractivity (Wildman–Crippen MR) is 260 cm³/mol. The minimum atomic E-state index is 0.587. The van der Waals surface area contributed by atoms with Crippen molar-refractivity contribution in [2.24, 2.45) is 0 Å². The Morgan fingerprint density at radius 1 is 0.365 bits per heavy atom. The highest BCUT2D eigenvalue weighted by molar-refractivity contribution is 6.26. The summed E-state index contributed by atoms with van der Waals surface area (Å²) in [6.07, 6.45) is 6.30. The quantitative estimate of drug-likeness (QED) is 0.168. The first-order chi connectivity index (χ1) is 31.3.